The molecular weight excluding hydrogens is 320 g/mol. The predicted octanol–water partition coefficient (Wildman–Crippen LogP) is 4.34. The first-order valence-electron chi connectivity index (χ1n) is 9.56. The van der Waals surface area contributed by atoms with E-state index >= 15 is 0 Å². The van der Waals surface area contributed by atoms with Crippen LogP contribution < -0.4 is 11.5 Å². The molecule has 2 aromatic rings. The molecule has 0 heterocycles. The summed E-state index contributed by atoms with van der Waals surface area (Å²) in [4.78, 5) is 9.12. The van der Waals surface area contributed by atoms with Crippen LogP contribution in [0.15, 0.2) is 46.4 Å². The lowest BCUT2D eigenvalue weighted by Gasteiger charge is -2.29. The molecule has 0 spiro atoms. The molecule has 0 amide bonds. The van der Waals surface area contributed by atoms with E-state index in [-0.39, 0.29) is 0 Å². The normalized spacial score (nSPS) is 13.2. The van der Waals surface area contributed by atoms with Crippen molar-refractivity contribution in [3.05, 3.63) is 47.5 Å². The topological polar surface area (TPSA) is 76.8 Å². The monoisotopic (exact) mass is 348 g/mol. The first kappa shape index (κ1) is 18.2. The van der Waals surface area contributed by atoms with Gasteiger partial charge in [0.25, 0.3) is 0 Å². The predicted molar refractivity (Wildman–Crippen MR) is 112 cm³/mol. The van der Waals surface area contributed by atoms with Gasteiger partial charge in [0.1, 0.15) is 11.7 Å². The summed E-state index contributed by atoms with van der Waals surface area (Å²) in [5.41, 5.74) is 19.4. The van der Waals surface area contributed by atoms with Crippen molar-refractivity contribution >= 4 is 11.7 Å². The minimum Gasteiger partial charge on any atom is -0.383 e. The summed E-state index contributed by atoms with van der Waals surface area (Å²) in [5, 5.41) is 0. The molecule has 0 aliphatic heterocycles. The Hall–Kier alpha value is -2.62. The van der Waals surface area contributed by atoms with Crippen molar-refractivity contribution in [2.45, 2.75) is 39.5 Å². The van der Waals surface area contributed by atoms with Crippen molar-refractivity contribution in [1.29, 1.82) is 0 Å². The molecule has 4 heteroatoms. The molecule has 0 atom stereocenters. The molecule has 1 aliphatic carbocycles. The summed E-state index contributed by atoms with van der Waals surface area (Å²) < 4.78 is 0. The van der Waals surface area contributed by atoms with Gasteiger partial charge in [-0.25, -0.2) is 0 Å². The Labute approximate surface area is 156 Å². The van der Waals surface area contributed by atoms with Crippen LogP contribution in [0.2, 0.25) is 0 Å². The number of nitrogens with two attached hydrogens (primary N) is 2. The fraction of sp³-hybridized carbons (Fsp3) is 0.364. The molecule has 1 aliphatic rings. The van der Waals surface area contributed by atoms with Gasteiger partial charge in [0.2, 0.25) is 0 Å². The minimum absolute atomic E-state index is 0.609. The summed E-state index contributed by atoms with van der Waals surface area (Å²) >= 11 is 0. The number of amidine groups is 2. The van der Waals surface area contributed by atoms with Gasteiger partial charge < -0.3 is 11.5 Å². The third kappa shape index (κ3) is 3.36. The molecule has 4 nitrogen and oxygen atoms in total. The molecule has 0 unspecified atom stereocenters. The summed E-state index contributed by atoms with van der Waals surface area (Å²) in [7, 11) is 0. The molecular formula is C22H28N4. The van der Waals surface area contributed by atoms with Crippen LogP contribution in [0.4, 0.5) is 0 Å². The maximum Gasteiger partial charge on any atom is 0.126 e. The molecule has 3 rings (SSSR count). The zero-order valence-corrected chi connectivity index (χ0v) is 15.8. The lowest BCUT2D eigenvalue weighted by molar-refractivity contribution is 0.807. The standard InChI is InChI=1S/C22H28N4/c1-3-5-13-25-21(23)17-11-7-9-15-16-10-8-12-18(20(16)19(15)17)22(24)26-14-6-4-2/h7-12H,3-6,13-14H2,1-2H3,(H2,23,25)(H2,24,26). The highest BCUT2D eigenvalue weighted by atomic mass is 14.9. The van der Waals surface area contributed by atoms with Crippen LogP contribution in [-0.2, 0) is 0 Å². The molecule has 0 bridgehead atoms. The van der Waals surface area contributed by atoms with Crippen molar-refractivity contribution in [3.63, 3.8) is 0 Å². The Morgan fingerprint density at radius 2 is 1.15 bits per heavy atom. The van der Waals surface area contributed by atoms with E-state index in [0.717, 1.165) is 61.0 Å². The number of unbranched alkanes of at least 4 members (excludes halogenated alkanes) is 2. The third-order valence-corrected chi connectivity index (χ3v) is 4.81. The quantitative estimate of drug-likeness (QED) is 0.361. The molecule has 26 heavy (non-hydrogen) atoms. The van der Waals surface area contributed by atoms with Gasteiger partial charge in [-0.05, 0) is 24.0 Å². The second kappa shape index (κ2) is 8.17. The van der Waals surface area contributed by atoms with Gasteiger partial charge in [-0.2, -0.15) is 0 Å². The van der Waals surface area contributed by atoms with Gasteiger partial charge in [0, 0.05) is 35.3 Å². The van der Waals surface area contributed by atoms with Crippen LogP contribution in [0.25, 0.3) is 22.3 Å². The lowest BCUT2D eigenvalue weighted by Crippen LogP contribution is -2.21. The SMILES string of the molecule is CCCCN=C(N)c1cccc2c1-c1c(C(N)=NCCCC)cccc1-2. The highest BCUT2D eigenvalue weighted by Crippen LogP contribution is 2.50. The van der Waals surface area contributed by atoms with E-state index in [1.165, 1.54) is 11.1 Å². The van der Waals surface area contributed by atoms with Crippen LogP contribution in [0, 0.1) is 0 Å². The van der Waals surface area contributed by atoms with Crippen molar-refractivity contribution in [2.75, 3.05) is 13.1 Å². The Bertz CT molecular complexity index is 778. The van der Waals surface area contributed by atoms with Crippen molar-refractivity contribution in [1.82, 2.24) is 0 Å². The van der Waals surface area contributed by atoms with Crippen LogP contribution in [0.3, 0.4) is 0 Å². The fourth-order valence-corrected chi connectivity index (χ4v) is 3.34. The largest absolute Gasteiger partial charge is 0.383 e. The molecule has 0 saturated heterocycles. The van der Waals surface area contributed by atoms with Crippen molar-refractivity contribution in [3.8, 4) is 22.3 Å². The second-order valence-electron chi connectivity index (χ2n) is 6.70. The van der Waals surface area contributed by atoms with Crippen LogP contribution in [-0.4, -0.2) is 24.8 Å². The first-order valence-corrected chi connectivity index (χ1v) is 9.56. The smallest absolute Gasteiger partial charge is 0.126 e. The number of hydrogen-bond donors (Lipinski definition) is 2. The van der Waals surface area contributed by atoms with E-state index in [4.69, 9.17) is 11.5 Å². The van der Waals surface area contributed by atoms with Crippen LogP contribution in [0.5, 0.6) is 0 Å². The van der Waals surface area contributed by atoms with E-state index in [0.29, 0.717) is 11.7 Å². The summed E-state index contributed by atoms with van der Waals surface area (Å²) in [6, 6.07) is 12.5. The molecule has 0 radical (unpaired) electrons. The Balaban J connectivity index is 2.00. The highest BCUT2D eigenvalue weighted by molar-refractivity contribution is 6.19. The number of aliphatic imine (C=N–C) groups is 2. The molecule has 4 N–H and O–H groups in total. The maximum absolute atomic E-state index is 6.31. The Morgan fingerprint density at radius 1 is 0.731 bits per heavy atom. The van der Waals surface area contributed by atoms with Gasteiger partial charge in [-0.1, -0.05) is 63.1 Å². The van der Waals surface area contributed by atoms with E-state index in [2.05, 4.69) is 36.0 Å². The summed E-state index contributed by atoms with van der Waals surface area (Å²) in [6.45, 7) is 5.84. The van der Waals surface area contributed by atoms with Crippen molar-refractivity contribution < 1.29 is 0 Å². The summed E-state index contributed by atoms with van der Waals surface area (Å²) in [6.07, 6.45) is 4.33. The van der Waals surface area contributed by atoms with Crippen LogP contribution in [0.1, 0.15) is 50.7 Å². The van der Waals surface area contributed by atoms with E-state index in [1.807, 2.05) is 24.3 Å². The molecule has 2 aromatic carbocycles. The van der Waals surface area contributed by atoms with Crippen molar-refractivity contribution in [2.24, 2.45) is 21.5 Å². The average Bonchev–Trinajstić information content (AvgIpc) is 2.65. The number of rotatable bonds is 8. The van der Waals surface area contributed by atoms with Gasteiger partial charge >= 0.3 is 0 Å². The average molecular weight is 348 g/mol. The van der Waals surface area contributed by atoms with Gasteiger partial charge in [-0.3, -0.25) is 9.98 Å². The number of fused-ring (bicyclic) bond motifs is 4. The van der Waals surface area contributed by atoms with Gasteiger partial charge in [0.15, 0.2) is 0 Å². The Morgan fingerprint density at radius 3 is 1.54 bits per heavy atom. The van der Waals surface area contributed by atoms with Gasteiger partial charge in [0.05, 0.1) is 0 Å². The molecule has 0 saturated carbocycles. The van der Waals surface area contributed by atoms with E-state index in [1.54, 1.807) is 0 Å². The Kier molecular flexibility index (Phi) is 5.71. The van der Waals surface area contributed by atoms with E-state index < -0.39 is 0 Å². The summed E-state index contributed by atoms with van der Waals surface area (Å²) in [5.74, 6) is 1.22. The number of benzene rings is 2. The number of hydrogen-bond acceptors (Lipinski definition) is 2. The first-order chi connectivity index (χ1) is 12.7. The second-order valence-corrected chi connectivity index (χ2v) is 6.70. The third-order valence-electron chi connectivity index (χ3n) is 4.81. The maximum atomic E-state index is 6.31. The zero-order chi connectivity index (χ0) is 18.5. The fourth-order valence-electron chi connectivity index (χ4n) is 3.34. The highest BCUT2D eigenvalue weighted by Gasteiger charge is 2.29. The van der Waals surface area contributed by atoms with E-state index in [9.17, 15) is 0 Å². The molecule has 0 fully saturated rings. The van der Waals surface area contributed by atoms with Gasteiger partial charge in [-0.15, -0.1) is 0 Å². The molecule has 0 aromatic heterocycles. The lowest BCUT2D eigenvalue weighted by atomic mass is 9.75. The van der Waals surface area contributed by atoms with Crippen LogP contribution >= 0.6 is 0 Å². The zero-order valence-electron chi connectivity index (χ0n) is 15.8. The minimum atomic E-state index is 0.609. The molecule has 136 valence electrons. The number of nitrogens with zero attached hydrogens (tertiary/aromatic N) is 2.